The van der Waals surface area contributed by atoms with Crippen molar-refractivity contribution in [3.63, 3.8) is 0 Å². The number of carbonyl (C=O) groups excluding carboxylic acids is 2. The summed E-state index contributed by atoms with van der Waals surface area (Å²) in [4.78, 5) is 35.0. The van der Waals surface area contributed by atoms with E-state index >= 15 is 0 Å². The highest BCUT2D eigenvalue weighted by atomic mass is 16.6. The van der Waals surface area contributed by atoms with Crippen LogP contribution in [-0.2, 0) is 16.1 Å². The maximum absolute atomic E-state index is 13.3. The van der Waals surface area contributed by atoms with Gasteiger partial charge in [0, 0.05) is 44.7 Å². The Balaban J connectivity index is 1.48. The van der Waals surface area contributed by atoms with Gasteiger partial charge in [-0.05, 0) is 65.5 Å². The highest BCUT2D eigenvalue weighted by Crippen LogP contribution is 2.27. The lowest BCUT2D eigenvalue weighted by atomic mass is 9.94. The van der Waals surface area contributed by atoms with E-state index < -0.39 is 5.60 Å². The molecule has 1 saturated heterocycles. The van der Waals surface area contributed by atoms with Crippen LogP contribution < -0.4 is 10.2 Å². The highest BCUT2D eigenvalue weighted by molar-refractivity contribution is 5.80. The number of aromatic nitrogens is 2. The zero-order valence-corrected chi connectivity index (χ0v) is 22.5. The van der Waals surface area contributed by atoms with Crippen LogP contribution in [0.15, 0.2) is 24.3 Å². The van der Waals surface area contributed by atoms with Crippen LogP contribution in [0.3, 0.4) is 0 Å². The average molecular weight is 498 g/mol. The molecule has 0 radical (unpaired) electrons. The quantitative estimate of drug-likeness (QED) is 0.576. The zero-order chi connectivity index (χ0) is 25.7. The van der Waals surface area contributed by atoms with Gasteiger partial charge in [-0.2, -0.15) is 0 Å². The molecule has 198 valence electrons. The smallest absolute Gasteiger partial charge is 0.407 e. The third-order valence-electron chi connectivity index (χ3n) is 7.29. The second kappa shape index (κ2) is 11.5. The Labute approximate surface area is 215 Å². The third kappa shape index (κ3) is 6.51. The summed E-state index contributed by atoms with van der Waals surface area (Å²) in [5.74, 6) is 1.11. The minimum absolute atomic E-state index is 0.00891. The molecule has 0 spiro atoms. The molecule has 2 heterocycles. The summed E-state index contributed by atoms with van der Waals surface area (Å²) in [6.07, 6.45) is 7.91. The van der Waals surface area contributed by atoms with Gasteiger partial charge in [0.15, 0.2) is 0 Å². The fourth-order valence-electron chi connectivity index (χ4n) is 5.66. The maximum Gasteiger partial charge on any atom is 0.407 e. The minimum atomic E-state index is -0.525. The van der Waals surface area contributed by atoms with E-state index in [-0.39, 0.29) is 18.0 Å². The molecule has 1 aliphatic heterocycles. The van der Waals surface area contributed by atoms with E-state index in [4.69, 9.17) is 9.72 Å². The summed E-state index contributed by atoms with van der Waals surface area (Å²) < 4.78 is 7.66. The molecule has 1 N–H and O–H groups in total. The fraction of sp³-hybridized carbons (Fsp3) is 0.679. The first-order valence-electron chi connectivity index (χ1n) is 13.7. The molecular formula is C28H43N5O3. The lowest BCUT2D eigenvalue weighted by Crippen LogP contribution is -2.49. The largest absolute Gasteiger partial charge is 0.444 e. The minimum Gasteiger partial charge on any atom is -0.444 e. The van der Waals surface area contributed by atoms with Gasteiger partial charge in [-0.25, -0.2) is 9.78 Å². The van der Waals surface area contributed by atoms with Crippen LogP contribution in [0.5, 0.6) is 0 Å². The van der Waals surface area contributed by atoms with E-state index in [1.807, 2.05) is 39.0 Å². The van der Waals surface area contributed by atoms with E-state index in [2.05, 4.69) is 32.7 Å². The van der Waals surface area contributed by atoms with E-state index in [1.54, 1.807) is 0 Å². The van der Waals surface area contributed by atoms with Crippen molar-refractivity contribution in [3.05, 3.63) is 24.3 Å². The van der Waals surface area contributed by atoms with Crippen molar-refractivity contribution < 1.29 is 14.3 Å². The number of alkyl carbamates (subject to hydrolysis) is 1. The number of anilines is 1. The Morgan fingerprint density at radius 1 is 1.11 bits per heavy atom. The van der Waals surface area contributed by atoms with Crippen LogP contribution >= 0.6 is 0 Å². The number of piperidine rings is 1. The van der Waals surface area contributed by atoms with E-state index in [1.165, 1.54) is 19.3 Å². The molecule has 8 nitrogen and oxygen atoms in total. The summed E-state index contributed by atoms with van der Waals surface area (Å²) in [5, 5.41) is 3.04. The molecule has 2 amide bonds. The zero-order valence-electron chi connectivity index (χ0n) is 22.5. The second-order valence-corrected chi connectivity index (χ2v) is 11.2. The fourth-order valence-corrected chi connectivity index (χ4v) is 5.66. The monoisotopic (exact) mass is 497 g/mol. The van der Waals surface area contributed by atoms with Crippen molar-refractivity contribution in [1.82, 2.24) is 19.8 Å². The predicted octanol–water partition coefficient (Wildman–Crippen LogP) is 5.10. The topological polar surface area (TPSA) is 79.7 Å². The number of amides is 2. The molecule has 1 aromatic heterocycles. The number of imidazole rings is 1. The molecule has 1 aromatic carbocycles. The SMILES string of the molecule is CCN(C(=O)CCn1c(N2CCC[C@H](NC(=O)OC(C)(C)C)C2)nc2ccccc21)C1CCCCC1. The number of carbonyl (C=O) groups is 2. The number of fused-ring (bicyclic) bond motifs is 1. The molecule has 2 aliphatic rings. The normalized spacial score (nSPS) is 19.3. The molecule has 8 heteroatoms. The Morgan fingerprint density at radius 2 is 1.86 bits per heavy atom. The number of hydrogen-bond acceptors (Lipinski definition) is 5. The molecule has 1 atom stereocenters. The summed E-state index contributed by atoms with van der Waals surface area (Å²) in [5.41, 5.74) is 1.45. The van der Waals surface area contributed by atoms with E-state index in [9.17, 15) is 9.59 Å². The van der Waals surface area contributed by atoms with Gasteiger partial charge in [0.25, 0.3) is 0 Å². The summed E-state index contributed by atoms with van der Waals surface area (Å²) in [7, 11) is 0. The van der Waals surface area contributed by atoms with Gasteiger partial charge >= 0.3 is 6.09 Å². The van der Waals surface area contributed by atoms with Gasteiger partial charge in [-0.3, -0.25) is 4.79 Å². The van der Waals surface area contributed by atoms with Crippen molar-refractivity contribution in [2.24, 2.45) is 0 Å². The molecule has 1 saturated carbocycles. The third-order valence-corrected chi connectivity index (χ3v) is 7.29. The van der Waals surface area contributed by atoms with Crippen molar-refractivity contribution in [1.29, 1.82) is 0 Å². The molecule has 0 unspecified atom stereocenters. The van der Waals surface area contributed by atoms with Crippen LogP contribution in [0, 0.1) is 0 Å². The van der Waals surface area contributed by atoms with Crippen LogP contribution in [0.4, 0.5) is 10.7 Å². The van der Waals surface area contributed by atoms with Crippen molar-refractivity contribution in [2.45, 2.75) is 103 Å². The molecule has 1 aliphatic carbocycles. The highest BCUT2D eigenvalue weighted by Gasteiger charge is 2.28. The number of para-hydroxylation sites is 2. The number of hydrogen-bond donors (Lipinski definition) is 1. The number of aryl methyl sites for hydroxylation is 1. The number of nitrogens with one attached hydrogen (secondary N) is 1. The maximum atomic E-state index is 13.3. The van der Waals surface area contributed by atoms with Gasteiger partial charge in [0.05, 0.1) is 11.0 Å². The van der Waals surface area contributed by atoms with Crippen LogP contribution in [0.2, 0.25) is 0 Å². The molecule has 2 fully saturated rings. The lowest BCUT2D eigenvalue weighted by Gasteiger charge is -2.35. The average Bonchev–Trinajstić information content (AvgIpc) is 3.21. The van der Waals surface area contributed by atoms with Crippen LogP contribution in [0.25, 0.3) is 11.0 Å². The lowest BCUT2D eigenvalue weighted by molar-refractivity contribution is -0.134. The van der Waals surface area contributed by atoms with Gasteiger partial charge in [0.2, 0.25) is 11.9 Å². The molecule has 0 bridgehead atoms. The summed E-state index contributed by atoms with van der Waals surface area (Å²) in [6.45, 7) is 10.6. The van der Waals surface area contributed by atoms with Crippen molar-refractivity contribution in [2.75, 3.05) is 24.5 Å². The van der Waals surface area contributed by atoms with Gasteiger partial charge in [-0.15, -0.1) is 0 Å². The standard InChI is InChI=1S/C28H43N5O3/c1-5-32(22-13-7-6-8-14-22)25(34)17-19-33-24-16-10-9-15-23(24)30-26(33)31-18-11-12-21(20-31)29-27(35)36-28(2,3)4/h9-10,15-16,21-22H,5-8,11-14,17-20H2,1-4H3,(H,29,35)/t21-/m0/s1. The van der Waals surface area contributed by atoms with Gasteiger partial charge < -0.3 is 24.4 Å². The number of benzene rings is 1. The Morgan fingerprint density at radius 3 is 2.58 bits per heavy atom. The molecule has 2 aromatic rings. The Hall–Kier alpha value is -2.77. The Bertz CT molecular complexity index is 1040. The number of ether oxygens (including phenoxy) is 1. The molecular weight excluding hydrogens is 454 g/mol. The Kier molecular flexibility index (Phi) is 8.42. The first kappa shape index (κ1) is 26.3. The van der Waals surface area contributed by atoms with Crippen LogP contribution in [-0.4, -0.2) is 63.8 Å². The molecule has 4 rings (SSSR count). The first-order chi connectivity index (χ1) is 17.2. The summed E-state index contributed by atoms with van der Waals surface area (Å²) >= 11 is 0. The predicted molar refractivity (Wildman–Crippen MR) is 143 cm³/mol. The van der Waals surface area contributed by atoms with Gasteiger partial charge in [-0.1, -0.05) is 31.4 Å². The van der Waals surface area contributed by atoms with E-state index in [0.29, 0.717) is 25.6 Å². The van der Waals surface area contributed by atoms with E-state index in [0.717, 1.165) is 55.8 Å². The molecule has 36 heavy (non-hydrogen) atoms. The van der Waals surface area contributed by atoms with Crippen LogP contribution in [0.1, 0.15) is 79.1 Å². The number of rotatable bonds is 7. The second-order valence-electron chi connectivity index (χ2n) is 11.2. The number of nitrogens with zero attached hydrogens (tertiary/aromatic N) is 4. The first-order valence-corrected chi connectivity index (χ1v) is 13.7. The van der Waals surface area contributed by atoms with Crippen molar-refractivity contribution in [3.8, 4) is 0 Å². The van der Waals surface area contributed by atoms with Gasteiger partial charge in [0.1, 0.15) is 5.60 Å². The summed E-state index contributed by atoms with van der Waals surface area (Å²) in [6, 6.07) is 8.50. The van der Waals surface area contributed by atoms with Crippen molar-refractivity contribution >= 4 is 29.0 Å².